The first kappa shape index (κ1) is 6.73. The van der Waals surface area contributed by atoms with Gasteiger partial charge in [0.15, 0.2) is 0 Å². The minimum atomic E-state index is -3.58. The number of hydrogen-bond donors (Lipinski definition) is 2. The Morgan fingerprint density at radius 2 is 1.60 bits per heavy atom. The van der Waals surface area contributed by atoms with Crippen LogP contribution < -0.4 is 0 Å². The van der Waals surface area contributed by atoms with Gasteiger partial charge >= 0.3 is 61.5 Å². The van der Waals surface area contributed by atoms with Crippen LogP contribution in [0.25, 0.3) is 0 Å². The van der Waals surface area contributed by atoms with E-state index in [1.54, 1.807) is 0 Å². The Hall–Kier alpha value is 1.73. The fraction of sp³-hybridized carbons (Fsp3) is 0. The molecule has 0 heterocycles. The van der Waals surface area contributed by atoms with Crippen molar-refractivity contribution in [1.29, 1.82) is 0 Å². The van der Waals surface area contributed by atoms with Crippen molar-refractivity contribution in [2.45, 2.75) is 0 Å². The summed E-state index contributed by atoms with van der Waals surface area (Å²) in [5.41, 5.74) is 0. The third kappa shape index (κ3) is 26.6. The molecule has 0 bridgehead atoms. The molecule has 0 rings (SSSR count). The van der Waals surface area contributed by atoms with Crippen LogP contribution in [0.5, 0.6) is 0 Å². The fourth-order valence-corrected chi connectivity index (χ4v) is 0. The molecule has 32 valence electrons. The molecule has 0 aromatic heterocycles. The van der Waals surface area contributed by atoms with Gasteiger partial charge in [0.25, 0.3) is 0 Å². The van der Waals surface area contributed by atoms with Gasteiger partial charge in [0.2, 0.25) is 0 Å². The van der Waals surface area contributed by atoms with Crippen molar-refractivity contribution in [1.82, 2.24) is 0 Å². The first-order chi connectivity index (χ1) is 2.00. The van der Waals surface area contributed by atoms with Crippen LogP contribution in [0.4, 0.5) is 0 Å². The molecular formula is H2EuO3P. The molecule has 5 heteroatoms. The van der Waals surface area contributed by atoms with Crippen molar-refractivity contribution in [2.24, 2.45) is 0 Å². The molecule has 0 unspecified atom stereocenters. The van der Waals surface area contributed by atoms with Crippen LogP contribution in [-0.2, 0) is 4.57 Å². The molecule has 0 fully saturated rings. The predicted octanol–water partition coefficient (Wildman–Crippen LogP) is -0.372. The molecule has 0 atom stereocenters. The van der Waals surface area contributed by atoms with E-state index in [9.17, 15) is 4.57 Å². The Bertz CT molecular complexity index is 53.0. The van der Waals surface area contributed by atoms with Gasteiger partial charge in [0.05, 0.1) is 0 Å². The second-order valence-electron chi connectivity index (χ2n) is 0.473. The van der Waals surface area contributed by atoms with E-state index in [-0.39, 0.29) is 0 Å². The van der Waals surface area contributed by atoms with Crippen molar-refractivity contribution in [2.75, 3.05) is 0 Å². The van der Waals surface area contributed by atoms with Crippen LogP contribution in [0.3, 0.4) is 0 Å². The van der Waals surface area contributed by atoms with Crippen LogP contribution in [0.2, 0.25) is 0 Å². The molecule has 3 nitrogen and oxygen atoms in total. The molecule has 0 radical (unpaired) electrons. The molecule has 0 amide bonds. The van der Waals surface area contributed by atoms with E-state index in [2.05, 4.69) is 0 Å². The van der Waals surface area contributed by atoms with E-state index in [4.69, 9.17) is 9.79 Å². The molecule has 0 aromatic carbocycles. The SMILES string of the molecule is O=[P](O)(O)[Eu]. The molecule has 0 saturated heterocycles. The summed E-state index contributed by atoms with van der Waals surface area (Å²) in [6, 6.07) is 0. The molecule has 0 aliphatic carbocycles. The zero-order chi connectivity index (χ0) is 4.50. The van der Waals surface area contributed by atoms with Gasteiger partial charge in [-0.05, 0) is 0 Å². The molecule has 0 saturated carbocycles. The van der Waals surface area contributed by atoms with E-state index >= 15 is 0 Å². The van der Waals surface area contributed by atoms with Gasteiger partial charge in [-0.15, -0.1) is 0 Å². The second-order valence-corrected chi connectivity index (χ2v) is 5.66. The van der Waals surface area contributed by atoms with Gasteiger partial charge in [-0.2, -0.15) is 0 Å². The maximum absolute atomic E-state index is 9.35. The van der Waals surface area contributed by atoms with Crippen molar-refractivity contribution in [3.05, 3.63) is 0 Å². The quantitative estimate of drug-likeness (QED) is 0.561. The van der Waals surface area contributed by atoms with E-state index in [0.717, 1.165) is 0 Å². The van der Waals surface area contributed by atoms with Gasteiger partial charge in [-0.3, -0.25) is 0 Å². The van der Waals surface area contributed by atoms with E-state index in [0.29, 0.717) is 46.1 Å². The van der Waals surface area contributed by atoms with Gasteiger partial charge in [-0.1, -0.05) is 0 Å². The summed E-state index contributed by atoms with van der Waals surface area (Å²) in [4.78, 5) is 15.3. The molecule has 0 aliphatic rings. The molecule has 5 heavy (non-hydrogen) atoms. The standard InChI is InChI=1S/Eu.HO3P/c;1-4(2)3/h;(H-,1,2,3)/q-1;/p+1. The van der Waals surface area contributed by atoms with Gasteiger partial charge in [-0.25, -0.2) is 0 Å². The average Bonchev–Trinajstić information content (AvgIpc) is 0.722. The fourth-order valence-electron chi connectivity index (χ4n) is 0. The minimum absolute atomic E-state index is 0.502. The molecular weight excluding hydrogens is 231 g/mol. The van der Waals surface area contributed by atoms with Crippen molar-refractivity contribution in [3.63, 3.8) is 0 Å². The zero-order valence-corrected chi connectivity index (χ0v) is 5.45. The summed E-state index contributed by atoms with van der Waals surface area (Å²) in [5.74, 6) is 0. The van der Waals surface area contributed by atoms with E-state index < -0.39 is 1.03 Å². The Labute approximate surface area is 60.4 Å². The first-order valence-corrected chi connectivity index (χ1v) is 5.51. The third-order valence-corrected chi connectivity index (χ3v) is 0. The average molecular weight is 233 g/mol. The van der Waals surface area contributed by atoms with E-state index in [1.165, 1.54) is 0 Å². The Kier molecular flexibility index (Phi) is 2.89. The summed E-state index contributed by atoms with van der Waals surface area (Å²) in [6.07, 6.45) is 0. The van der Waals surface area contributed by atoms with E-state index in [1.807, 2.05) is 0 Å². The van der Waals surface area contributed by atoms with Crippen molar-refractivity contribution < 1.29 is 60.5 Å². The van der Waals surface area contributed by atoms with Crippen molar-refractivity contribution >= 4 is 1.03 Å². The summed E-state index contributed by atoms with van der Waals surface area (Å²) >= 11 is 0.502. The summed E-state index contributed by atoms with van der Waals surface area (Å²) in [7, 11) is 0. The number of rotatable bonds is 0. The Morgan fingerprint density at radius 3 is 1.60 bits per heavy atom. The normalized spacial score (nSPS) is 11.8. The maximum atomic E-state index is 9.35. The summed E-state index contributed by atoms with van der Waals surface area (Å²) < 4.78 is 5.77. The van der Waals surface area contributed by atoms with Crippen LogP contribution in [0.15, 0.2) is 0 Å². The topological polar surface area (TPSA) is 57.5 Å². The van der Waals surface area contributed by atoms with Crippen LogP contribution in [0.1, 0.15) is 0 Å². The molecule has 0 aromatic rings. The molecule has 2 N–H and O–H groups in total. The van der Waals surface area contributed by atoms with Gasteiger partial charge in [0, 0.05) is 0 Å². The first-order valence-electron chi connectivity index (χ1n) is 0.752. The number of hydrogen-bond acceptors (Lipinski definition) is 1. The predicted molar refractivity (Wildman–Crippen MR) is 12.0 cm³/mol. The van der Waals surface area contributed by atoms with Crippen molar-refractivity contribution in [3.8, 4) is 0 Å². The monoisotopic (exact) mass is 234 g/mol. The zero-order valence-electron chi connectivity index (χ0n) is 2.13. The van der Waals surface area contributed by atoms with Crippen LogP contribution in [0, 0.1) is 46.1 Å². The second kappa shape index (κ2) is 2.15. The molecule has 0 aliphatic heterocycles. The summed E-state index contributed by atoms with van der Waals surface area (Å²) in [5, 5.41) is 0. The third-order valence-electron chi connectivity index (χ3n) is 0. The van der Waals surface area contributed by atoms with Crippen LogP contribution in [-0.4, -0.2) is 9.79 Å². The summed E-state index contributed by atoms with van der Waals surface area (Å²) in [6.45, 7) is 0. The Morgan fingerprint density at radius 1 is 1.60 bits per heavy atom. The van der Waals surface area contributed by atoms with Gasteiger partial charge in [0.1, 0.15) is 0 Å². The Balaban J connectivity index is 3.47. The molecule has 0 spiro atoms. The van der Waals surface area contributed by atoms with Gasteiger partial charge < -0.3 is 0 Å². The van der Waals surface area contributed by atoms with Crippen LogP contribution >= 0.6 is 1.03 Å².